The molecule has 0 bridgehead atoms. The van der Waals surface area contributed by atoms with Crippen LogP contribution in [0, 0.1) is 20.8 Å². The number of sulfonamides is 1. The minimum absolute atomic E-state index is 0.00312. The standard InChI is InChI=1S/C28H32N4O4S/c1-7-18(4)25-19(5)30-20(6)26-27(25)32(16-29-26)22-12-10-21(11-13-22)23-15-17(3)9-14-24(23)37(34,35)31-28(33)36-8-2/h9-16,18H,7-8H2,1-6H3,(H,31,33). The quantitative estimate of drug-likeness (QED) is 0.322. The van der Waals surface area contributed by atoms with Crippen LogP contribution in [0.15, 0.2) is 53.7 Å². The molecule has 1 atom stereocenters. The smallest absolute Gasteiger partial charge is 0.421 e. The first kappa shape index (κ1) is 26.3. The minimum atomic E-state index is -4.13. The molecule has 0 radical (unpaired) electrons. The molecule has 2 aromatic heterocycles. The van der Waals surface area contributed by atoms with E-state index in [4.69, 9.17) is 9.72 Å². The van der Waals surface area contributed by atoms with Crippen molar-refractivity contribution in [3.8, 4) is 16.8 Å². The summed E-state index contributed by atoms with van der Waals surface area (Å²) >= 11 is 0. The molecule has 0 spiro atoms. The molecule has 2 heterocycles. The van der Waals surface area contributed by atoms with E-state index in [0.717, 1.165) is 40.1 Å². The zero-order chi connectivity index (χ0) is 26.9. The summed E-state index contributed by atoms with van der Waals surface area (Å²) in [6.45, 7) is 11.9. The number of aryl methyl sites for hydroxylation is 3. The molecule has 1 N–H and O–H groups in total. The normalized spacial score (nSPS) is 12.5. The van der Waals surface area contributed by atoms with Gasteiger partial charge in [0, 0.05) is 22.5 Å². The number of hydrogen-bond donors (Lipinski definition) is 1. The van der Waals surface area contributed by atoms with Crippen molar-refractivity contribution >= 4 is 27.1 Å². The van der Waals surface area contributed by atoms with Crippen LogP contribution in [0.25, 0.3) is 27.8 Å². The second-order valence-corrected chi connectivity index (χ2v) is 10.8. The molecule has 9 heteroatoms. The van der Waals surface area contributed by atoms with Crippen LogP contribution in [0.1, 0.15) is 55.6 Å². The van der Waals surface area contributed by atoms with Crippen molar-refractivity contribution < 1.29 is 17.9 Å². The summed E-state index contributed by atoms with van der Waals surface area (Å²) in [5, 5.41) is 0. The van der Waals surface area contributed by atoms with E-state index in [0.29, 0.717) is 17.0 Å². The molecule has 194 valence electrons. The van der Waals surface area contributed by atoms with Crippen LogP contribution in [0.2, 0.25) is 0 Å². The van der Waals surface area contributed by atoms with Gasteiger partial charge in [-0.05, 0) is 63.8 Å². The molecule has 0 aliphatic heterocycles. The molecular weight excluding hydrogens is 488 g/mol. The van der Waals surface area contributed by atoms with Gasteiger partial charge in [-0.25, -0.2) is 22.9 Å². The third-order valence-electron chi connectivity index (χ3n) is 6.57. The maximum absolute atomic E-state index is 13.0. The van der Waals surface area contributed by atoms with Crippen LogP contribution < -0.4 is 4.72 Å². The molecule has 0 saturated carbocycles. The minimum Gasteiger partial charge on any atom is -0.449 e. The van der Waals surface area contributed by atoms with E-state index in [-0.39, 0.29) is 11.5 Å². The van der Waals surface area contributed by atoms with Gasteiger partial charge in [-0.15, -0.1) is 0 Å². The Hall–Kier alpha value is -3.72. The molecule has 0 saturated heterocycles. The maximum Gasteiger partial charge on any atom is 0.421 e. The second kappa shape index (κ2) is 10.3. The number of hydrogen-bond acceptors (Lipinski definition) is 6. The Morgan fingerprint density at radius 2 is 1.76 bits per heavy atom. The molecule has 1 amide bonds. The molecule has 1 unspecified atom stereocenters. The van der Waals surface area contributed by atoms with Crippen LogP contribution in [-0.4, -0.2) is 35.7 Å². The fourth-order valence-corrected chi connectivity index (χ4v) is 5.73. The molecule has 4 rings (SSSR count). The fourth-order valence-electron chi connectivity index (χ4n) is 4.63. The van der Waals surface area contributed by atoms with Crippen molar-refractivity contribution in [1.82, 2.24) is 19.3 Å². The van der Waals surface area contributed by atoms with Gasteiger partial charge in [0.25, 0.3) is 10.0 Å². The zero-order valence-electron chi connectivity index (χ0n) is 22.0. The zero-order valence-corrected chi connectivity index (χ0v) is 22.8. The van der Waals surface area contributed by atoms with E-state index in [9.17, 15) is 13.2 Å². The molecule has 0 fully saturated rings. The number of ether oxygens (including phenoxy) is 1. The van der Waals surface area contributed by atoms with Crippen LogP contribution >= 0.6 is 0 Å². The average molecular weight is 521 g/mol. The van der Waals surface area contributed by atoms with Crippen LogP contribution in [0.4, 0.5) is 4.79 Å². The van der Waals surface area contributed by atoms with E-state index in [2.05, 4.69) is 23.4 Å². The van der Waals surface area contributed by atoms with Crippen molar-refractivity contribution in [2.24, 2.45) is 0 Å². The van der Waals surface area contributed by atoms with E-state index in [1.807, 2.05) is 56.1 Å². The van der Waals surface area contributed by atoms with Gasteiger partial charge in [0.15, 0.2) is 0 Å². The first-order valence-electron chi connectivity index (χ1n) is 12.3. The van der Waals surface area contributed by atoms with Crippen LogP contribution in [0.3, 0.4) is 0 Å². The Kier molecular flexibility index (Phi) is 7.36. The van der Waals surface area contributed by atoms with Gasteiger partial charge in [-0.3, -0.25) is 9.55 Å². The number of imidazole rings is 1. The number of aromatic nitrogens is 3. The number of amides is 1. The fraction of sp³-hybridized carbons (Fsp3) is 0.321. The summed E-state index contributed by atoms with van der Waals surface area (Å²) in [5.41, 5.74) is 8.00. The van der Waals surface area contributed by atoms with E-state index < -0.39 is 16.1 Å². The third kappa shape index (κ3) is 5.09. The summed E-state index contributed by atoms with van der Waals surface area (Å²) in [4.78, 5) is 21.2. The molecule has 2 aromatic carbocycles. The summed E-state index contributed by atoms with van der Waals surface area (Å²) in [5.74, 6) is 0.317. The third-order valence-corrected chi connectivity index (χ3v) is 7.94. The largest absolute Gasteiger partial charge is 0.449 e. The van der Waals surface area contributed by atoms with Gasteiger partial charge in [-0.1, -0.05) is 43.7 Å². The van der Waals surface area contributed by atoms with Gasteiger partial charge < -0.3 is 4.74 Å². The summed E-state index contributed by atoms with van der Waals surface area (Å²) in [7, 11) is -4.13. The van der Waals surface area contributed by atoms with E-state index in [1.54, 1.807) is 19.1 Å². The Morgan fingerprint density at radius 3 is 2.41 bits per heavy atom. The van der Waals surface area contributed by atoms with Gasteiger partial charge in [0.1, 0.15) is 11.8 Å². The topological polar surface area (TPSA) is 103 Å². The molecule has 0 aliphatic carbocycles. The highest BCUT2D eigenvalue weighted by Crippen LogP contribution is 2.34. The Morgan fingerprint density at radius 1 is 1.05 bits per heavy atom. The van der Waals surface area contributed by atoms with Gasteiger partial charge in [-0.2, -0.15) is 0 Å². The summed E-state index contributed by atoms with van der Waals surface area (Å²) in [6.07, 6.45) is 1.79. The highest BCUT2D eigenvalue weighted by Gasteiger charge is 2.23. The molecule has 0 aliphatic rings. The number of benzene rings is 2. The lowest BCUT2D eigenvalue weighted by Gasteiger charge is -2.17. The SMILES string of the molecule is CCOC(=O)NS(=O)(=O)c1ccc(C)cc1-c1ccc(-n2cnc3c(C)nc(C)c(C(C)CC)c32)cc1. The number of rotatable bonds is 7. The van der Waals surface area contributed by atoms with Gasteiger partial charge >= 0.3 is 6.09 Å². The summed E-state index contributed by atoms with van der Waals surface area (Å²) in [6, 6.07) is 12.6. The van der Waals surface area contributed by atoms with Crippen LogP contribution in [0.5, 0.6) is 0 Å². The number of pyridine rings is 1. The maximum atomic E-state index is 13.0. The number of fused-ring (bicyclic) bond motifs is 1. The first-order chi connectivity index (χ1) is 17.6. The predicted octanol–water partition coefficient (Wildman–Crippen LogP) is 5.96. The monoisotopic (exact) mass is 520 g/mol. The lowest BCUT2D eigenvalue weighted by Crippen LogP contribution is -2.31. The lowest BCUT2D eigenvalue weighted by molar-refractivity contribution is 0.158. The lowest BCUT2D eigenvalue weighted by atomic mass is 9.95. The number of carbonyl (C=O) groups excluding carboxylic acids is 1. The molecular formula is C28H32N4O4S. The van der Waals surface area contributed by atoms with Crippen molar-refractivity contribution in [2.75, 3.05) is 6.61 Å². The second-order valence-electron chi connectivity index (χ2n) is 9.19. The van der Waals surface area contributed by atoms with Crippen molar-refractivity contribution in [1.29, 1.82) is 0 Å². The van der Waals surface area contributed by atoms with Crippen molar-refractivity contribution in [3.63, 3.8) is 0 Å². The number of nitrogens with one attached hydrogen (secondary N) is 1. The predicted molar refractivity (Wildman–Crippen MR) is 145 cm³/mol. The Labute approximate surface area is 217 Å². The highest BCUT2D eigenvalue weighted by atomic mass is 32.2. The number of carbonyl (C=O) groups is 1. The molecule has 8 nitrogen and oxygen atoms in total. The number of nitrogens with zero attached hydrogens (tertiary/aromatic N) is 3. The Balaban J connectivity index is 1.80. The van der Waals surface area contributed by atoms with Crippen molar-refractivity contribution in [2.45, 2.75) is 58.8 Å². The molecule has 37 heavy (non-hydrogen) atoms. The van der Waals surface area contributed by atoms with Crippen molar-refractivity contribution in [3.05, 3.63) is 71.3 Å². The van der Waals surface area contributed by atoms with Gasteiger partial charge in [0.05, 0.1) is 22.7 Å². The van der Waals surface area contributed by atoms with Gasteiger partial charge in [0.2, 0.25) is 0 Å². The molecule has 4 aromatic rings. The van der Waals surface area contributed by atoms with E-state index in [1.165, 1.54) is 11.6 Å². The average Bonchev–Trinajstić information content (AvgIpc) is 3.29. The highest BCUT2D eigenvalue weighted by molar-refractivity contribution is 7.90. The van der Waals surface area contributed by atoms with E-state index >= 15 is 0 Å². The summed E-state index contributed by atoms with van der Waals surface area (Å²) < 4.78 is 34.8. The first-order valence-corrected chi connectivity index (χ1v) is 13.8. The van der Waals surface area contributed by atoms with Crippen LogP contribution in [-0.2, 0) is 14.8 Å². The Bertz CT molecular complexity index is 1570.